The van der Waals surface area contributed by atoms with Crippen molar-refractivity contribution in [3.63, 3.8) is 0 Å². The molecule has 0 aliphatic heterocycles. The van der Waals surface area contributed by atoms with E-state index in [9.17, 15) is 9.90 Å². The standard InChI is InChI=1S/C13H21NO2S/c1-4-13(5-2,12(15)16)9-14-8-11-7-6-10(3)17-11/h6-7,14H,4-5,8-9H2,1-3H3,(H,15,16). The van der Waals surface area contributed by atoms with E-state index in [0.29, 0.717) is 19.4 Å². The summed E-state index contributed by atoms with van der Waals surface area (Å²) in [5.74, 6) is -0.697. The van der Waals surface area contributed by atoms with Gasteiger partial charge in [-0.2, -0.15) is 0 Å². The molecule has 17 heavy (non-hydrogen) atoms. The second-order valence-electron chi connectivity index (χ2n) is 4.41. The molecule has 0 unspecified atom stereocenters. The van der Waals surface area contributed by atoms with E-state index in [1.54, 1.807) is 11.3 Å². The fraction of sp³-hybridized carbons (Fsp3) is 0.615. The molecule has 3 nitrogen and oxygen atoms in total. The molecule has 0 fully saturated rings. The van der Waals surface area contributed by atoms with Crippen molar-refractivity contribution in [1.82, 2.24) is 5.32 Å². The number of hydrogen-bond acceptors (Lipinski definition) is 3. The van der Waals surface area contributed by atoms with Gasteiger partial charge in [0.05, 0.1) is 5.41 Å². The Hall–Kier alpha value is -0.870. The van der Waals surface area contributed by atoms with Crippen LogP contribution in [0, 0.1) is 12.3 Å². The highest BCUT2D eigenvalue weighted by Crippen LogP contribution is 2.26. The lowest BCUT2D eigenvalue weighted by Gasteiger charge is -2.26. The predicted molar refractivity (Wildman–Crippen MR) is 71.4 cm³/mol. The van der Waals surface area contributed by atoms with Crippen LogP contribution in [0.25, 0.3) is 0 Å². The topological polar surface area (TPSA) is 49.3 Å². The molecule has 1 heterocycles. The molecule has 0 aliphatic carbocycles. The number of nitrogens with one attached hydrogen (secondary N) is 1. The minimum atomic E-state index is -0.697. The zero-order chi connectivity index (χ0) is 12.9. The Morgan fingerprint density at radius 1 is 1.41 bits per heavy atom. The minimum absolute atomic E-state index is 0.534. The van der Waals surface area contributed by atoms with E-state index < -0.39 is 11.4 Å². The van der Waals surface area contributed by atoms with Crippen LogP contribution in [0.2, 0.25) is 0 Å². The minimum Gasteiger partial charge on any atom is -0.481 e. The maximum atomic E-state index is 11.3. The zero-order valence-electron chi connectivity index (χ0n) is 10.7. The van der Waals surface area contributed by atoms with Gasteiger partial charge in [-0.25, -0.2) is 0 Å². The van der Waals surface area contributed by atoms with Crippen LogP contribution >= 0.6 is 11.3 Å². The van der Waals surface area contributed by atoms with Crippen molar-refractivity contribution >= 4 is 17.3 Å². The molecule has 1 aromatic heterocycles. The summed E-state index contributed by atoms with van der Waals surface area (Å²) in [5.41, 5.74) is -0.619. The van der Waals surface area contributed by atoms with Crippen molar-refractivity contribution in [2.45, 2.75) is 40.2 Å². The molecule has 0 saturated heterocycles. The number of aliphatic carboxylic acids is 1. The molecule has 1 aromatic rings. The Morgan fingerprint density at radius 3 is 2.47 bits per heavy atom. The average Bonchev–Trinajstić information content (AvgIpc) is 2.70. The van der Waals surface area contributed by atoms with Gasteiger partial charge in [0.1, 0.15) is 0 Å². The van der Waals surface area contributed by atoms with Gasteiger partial charge in [-0.3, -0.25) is 4.79 Å². The van der Waals surface area contributed by atoms with Crippen molar-refractivity contribution in [3.05, 3.63) is 21.9 Å². The lowest BCUT2D eigenvalue weighted by atomic mass is 9.82. The fourth-order valence-corrected chi connectivity index (χ4v) is 2.74. The first-order valence-electron chi connectivity index (χ1n) is 6.03. The fourth-order valence-electron chi connectivity index (χ4n) is 1.88. The summed E-state index contributed by atoms with van der Waals surface area (Å²) < 4.78 is 0. The molecule has 0 spiro atoms. The van der Waals surface area contributed by atoms with Crippen LogP contribution in [-0.4, -0.2) is 17.6 Å². The molecular weight excluding hydrogens is 234 g/mol. The van der Waals surface area contributed by atoms with Gasteiger partial charge in [-0.1, -0.05) is 13.8 Å². The number of thiophene rings is 1. The molecule has 0 radical (unpaired) electrons. The van der Waals surface area contributed by atoms with Gasteiger partial charge in [-0.05, 0) is 31.9 Å². The van der Waals surface area contributed by atoms with Crippen LogP contribution in [-0.2, 0) is 11.3 Å². The van der Waals surface area contributed by atoms with Crippen LogP contribution in [0.4, 0.5) is 0 Å². The summed E-state index contributed by atoms with van der Waals surface area (Å²) in [6, 6.07) is 4.18. The molecule has 2 N–H and O–H groups in total. The highest BCUT2D eigenvalue weighted by Gasteiger charge is 2.34. The molecular formula is C13H21NO2S. The molecule has 0 aromatic carbocycles. The van der Waals surface area contributed by atoms with E-state index in [1.165, 1.54) is 9.75 Å². The smallest absolute Gasteiger partial charge is 0.310 e. The van der Waals surface area contributed by atoms with Gasteiger partial charge >= 0.3 is 5.97 Å². The normalized spacial score (nSPS) is 11.7. The van der Waals surface area contributed by atoms with E-state index >= 15 is 0 Å². The van der Waals surface area contributed by atoms with Crippen LogP contribution in [0.15, 0.2) is 12.1 Å². The lowest BCUT2D eigenvalue weighted by Crippen LogP contribution is -2.39. The summed E-state index contributed by atoms with van der Waals surface area (Å²) >= 11 is 1.75. The first-order valence-corrected chi connectivity index (χ1v) is 6.85. The third-order valence-corrected chi connectivity index (χ3v) is 4.37. The van der Waals surface area contributed by atoms with E-state index in [-0.39, 0.29) is 0 Å². The zero-order valence-corrected chi connectivity index (χ0v) is 11.6. The number of carboxylic acid groups (broad SMARTS) is 1. The van der Waals surface area contributed by atoms with Gasteiger partial charge < -0.3 is 10.4 Å². The Morgan fingerprint density at radius 2 is 2.06 bits per heavy atom. The largest absolute Gasteiger partial charge is 0.481 e. The quantitative estimate of drug-likeness (QED) is 0.787. The van der Waals surface area contributed by atoms with Gasteiger partial charge in [0, 0.05) is 22.8 Å². The molecule has 0 atom stereocenters. The first kappa shape index (κ1) is 14.2. The second-order valence-corrected chi connectivity index (χ2v) is 5.78. The molecule has 0 aliphatic rings. The number of aryl methyl sites for hydroxylation is 1. The summed E-state index contributed by atoms with van der Waals surface area (Å²) in [7, 11) is 0. The third kappa shape index (κ3) is 3.54. The average molecular weight is 255 g/mol. The summed E-state index contributed by atoms with van der Waals surface area (Å²) in [4.78, 5) is 13.8. The van der Waals surface area contributed by atoms with Gasteiger partial charge in [0.25, 0.3) is 0 Å². The summed E-state index contributed by atoms with van der Waals surface area (Å²) in [6.07, 6.45) is 1.32. The van der Waals surface area contributed by atoms with Crippen LogP contribution < -0.4 is 5.32 Å². The molecule has 4 heteroatoms. The Bertz CT molecular complexity index is 369. The highest BCUT2D eigenvalue weighted by atomic mass is 32.1. The highest BCUT2D eigenvalue weighted by molar-refractivity contribution is 7.11. The van der Waals surface area contributed by atoms with Gasteiger partial charge in [0.2, 0.25) is 0 Å². The van der Waals surface area contributed by atoms with Crippen LogP contribution in [0.3, 0.4) is 0 Å². The van der Waals surface area contributed by atoms with Crippen molar-refractivity contribution in [3.8, 4) is 0 Å². The summed E-state index contributed by atoms with van der Waals surface area (Å²) in [6.45, 7) is 7.25. The Labute approximate surface area is 107 Å². The van der Waals surface area contributed by atoms with Crippen LogP contribution in [0.5, 0.6) is 0 Å². The number of carbonyl (C=O) groups is 1. The predicted octanol–water partition coefficient (Wildman–Crippen LogP) is 3.04. The van der Waals surface area contributed by atoms with E-state index in [0.717, 1.165) is 6.54 Å². The van der Waals surface area contributed by atoms with E-state index in [4.69, 9.17) is 0 Å². The first-order chi connectivity index (χ1) is 8.04. The van der Waals surface area contributed by atoms with Crippen LogP contribution in [0.1, 0.15) is 36.4 Å². The summed E-state index contributed by atoms with van der Waals surface area (Å²) in [5, 5.41) is 12.6. The molecule has 0 saturated carbocycles. The van der Waals surface area contributed by atoms with Gasteiger partial charge in [-0.15, -0.1) is 11.3 Å². The second kappa shape index (κ2) is 6.17. The molecule has 0 bridgehead atoms. The Kier molecular flexibility index (Phi) is 5.15. The number of hydrogen-bond donors (Lipinski definition) is 2. The monoisotopic (exact) mass is 255 g/mol. The Balaban J connectivity index is 2.50. The third-order valence-electron chi connectivity index (χ3n) is 3.37. The molecule has 0 amide bonds. The van der Waals surface area contributed by atoms with Crippen molar-refractivity contribution in [2.24, 2.45) is 5.41 Å². The SMILES string of the molecule is CCC(CC)(CNCc1ccc(C)s1)C(=O)O. The van der Waals surface area contributed by atoms with Crippen molar-refractivity contribution in [2.75, 3.05) is 6.54 Å². The maximum Gasteiger partial charge on any atom is 0.310 e. The van der Waals surface area contributed by atoms with Gasteiger partial charge in [0.15, 0.2) is 0 Å². The lowest BCUT2D eigenvalue weighted by molar-refractivity contribution is -0.149. The van der Waals surface area contributed by atoms with Crippen molar-refractivity contribution in [1.29, 1.82) is 0 Å². The van der Waals surface area contributed by atoms with E-state index in [1.807, 2.05) is 13.8 Å². The number of carboxylic acids is 1. The van der Waals surface area contributed by atoms with Crippen molar-refractivity contribution < 1.29 is 9.90 Å². The van der Waals surface area contributed by atoms with E-state index in [2.05, 4.69) is 24.4 Å². The maximum absolute atomic E-state index is 11.3. The molecule has 96 valence electrons. The molecule has 1 rings (SSSR count). The number of rotatable bonds is 7.